The van der Waals surface area contributed by atoms with Gasteiger partial charge in [0.1, 0.15) is 11.5 Å². The summed E-state index contributed by atoms with van der Waals surface area (Å²) in [6.45, 7) is 8.74. The molecule has 0 bridgehead atoms. The van der Waals surface area contributed by atoms with Crippen molar-refractivity contribution in [2.45, 2.75) is 26.8 Å². The minimum atomic E-state index is -0.666. The Morgan fingerprint density at radius 1 is 1.16 bits per heavy atom. The Morgan fingerprint density at radius 2 is 1.88 bits per heavy atom. The van der Waals surface area contributed by atoms with Gasteiger partial charge in [-0.15, -0.1) is 0 Å². The van der Waals surface area contributed by atoms with Crippen LogP contribution in [0.25, 0.3) is 5.76 Å². The van der Waals surface area contributed by atoms with Crippen LogP contribution in [0.1, 0.15) is 36.6 Å². The van der Waals surface area contributed by atoms with Gasteiger partial charge in [-0.2, -0.15) is 0 Å². The van der Waals surface area contributed by atoms with Gasteiger partial charge in [0.25, 0.3) is 11.7 Å². The van der Waals surface area contributed by atoms with E-state index >= 15 is 0 Å². The highest BCUT2D eigenvalue weighted by Crippen LogP contribution is 2.40. The van der Waals surface area contributed by atoms with Gasteiger partial charge in [-0.3, -0.25) is 9.59 Å². The molecule has 0 aliphatic carbocycles. The summed E-state index contributed by atoms with van der Waals surface area (Å²) >= 11 is 3.48. The quantitative estimate of drug-likeness (QED) is 0.327. The van der Waals surface area contributed by atoms with E-state index in [0.29, 0.717) is 24.4 Å². The summed E-state index contributed by atoms with van der Waals surface area (Å²) in [5, 5.41) is 11.2. The van der Waals surface area contributed by atoms with E-state index < -0.39 is 17.7 Å². The zero-order valence-corrected chi connectivity index (χ0v) is 20.5. The Bertz CT molecular complexity index is 1050. The van der Waals surface area contributed by atoms with Crippen LogP contribution in [-0.4, -0.2) is 59.9 Å². The van der Waals surface area contributed by atoms with E-state index in [1.165, 1.54) is 0 Å². The third kappa shape index (κ3) is 4.74. The van der Waals surface area contributed by atoms with Crippen molar-refractivity contribution in [2.24, 2.45) is 0 Å². The molecule has 0 saturated carbocycles. The van der Waals surface area contributed by atoms with Crippen molar-refractivity contribution in [3.05, 3.63) is 69.2 Å². The molecule has 1 heterocycles. The van der Waals surface area contributed by atoms with Crippen LogP contribution < -0.4 is 4.74 Å². The monoisotopic (exact) mass is 500 g/mol. The molecule has 7 heteroatoms. The number of hydrogen-bond donors (Lipinski definition) is 1. The van der Waals surface area contributed by atoms with Crippen LogP contribution in [0.2, 0.25) is 0 Å². The second-order valence-electron chi connectivity index (χ2n) is 7.76. The van der Waals surface area contributed by atoms with Crippen molar-refractivity contribution in [3.8, 4) is 5.75 Å². The number of Topliss-reactive ketones (excluding diaryl/α,β-unsaturated/α-hetero) is 1. The fourth-order valence-corrected chi connectivity index (χ4v) is 4.52. The molecule has 2 aromatic rings. The minimum Gasteiger partial charge on any atom is -0.507 e. The molecule has 3 rings (SSSR count). The number of carbonyl (C=O) groups excluding carboxylic acids is 2. The van der Waals surface area contributed by atoms with Gasteiger partial charge in [0.05, 0.1) is 18.7 Å². The van der Waals surface area contributed by atoms with Gasteiger partial charge in [0.15, 0.2) is 0 Å². The summed E-state index contributed by atoms with van der Waals surface area (Å²) in [6.07, 6.45) is 0. The minimum absolute atomic E-state index is 0.109. The van der Waals surface area contributed by atoms with Crippen molar-refractivity contribution in [2.75, 3.05) is 33.3 Å². The number of likely N-dealkylation sites (N-methyl/N-ethyl adjacent to an activating group) is 1. The maximum absolute atomic E-state index is 13.1. The van der Waals surface area contributed by atoms with Crippen LogP contribution in [0.5, 0.6) is 5.75 Å². The fourth-order valence-electron chi connectivity index (χ4n) is 4.10. The lowest BCUT2D eigenvalue weighted by Crippen LogP contribution is -2.38. The second kappa shape index (κ2) is 10.3. The lowest BCUT2D eigenvalue weighted by atomic mass is 9.95. The summed E-state index contributed by atoms with van der Waals surface area (Å²) < 4.78 is 6.14. The number of aliphatic hydroxyl groups is 1. The van der Waals surface area contributed by atoms with E-state index in [9.17, 15) is 14.7 Å². The summed E-state index contributed by atoms with van der Waals surface area (Å²) in [6, 6.07) is 12.0. The number of halogens is 1. The van der Waals surface area contributed by atoms with Crippen LogP contribution in [0.3, 0.4) is 0 Å². The third-order valence-electron chi connectivity index (χ3n) is 5.92. The average molecular weight is 501 g/mol. The summed E-state index contributed by atoms with van der Waals surface area (Å²) in [7, 11) is 1.58. The number of likely N-dealkylation sites (tertiary alicyclic amines) is 1. The second-order valence-corrected chi connectivity index (χ2v) is 8.67. The molecule has 1 atom stereocenters. The number of ketones is 1. The van der Waals surface area contributed by atoms with E-state index in [1.807, 2.05) is 31.2 Å². The number of hydrogen-bond acceptors (Lipinski definition) is 5. The number of ether oxygens (including phenoxy) is 1. The highest BCUT2D eigenvalue weighted by atomic mass is 79.9. The lowest BCUT2D eigenvalue weighted by Gasteiger charge is -2.28. The lowest BCUT2D eigenvalue weighted by molar-refractivity contribution is -0.140. The Balaban J connectivity index is 2.12. The molecular formula is C25H29BrN2O4. The number of benzene rings is 2. The SMILES string of the molecule is CCN(CC)CCN1C(=O)C(=O)C(=C(O)c2ccc(OC)c(C)c2)C1c1cccc(Br)c1. The highest BCUT2D eigenvalue weighted by Gasteiger charge is 2.46. The average Bonchev–Trinajstić information content (AvgIpc) is 3.04. The van der Waals surface area contributed by atoms with Crippen molar-refractivity contribution < 1.29 is 19.4 Å². The molecule has 1 fully saturated rings. The molecule has 0 aromatic heterocycles. The van der Waals surface area contributed by atoms with Crippen molar-refractivity contribution in [3.63, 3.8) is 0 Å². The van der Waals surface area contributed by atoms with Crippen LogP contribution in [-0.2, 0) is 9.59 Å². The molecule has 1 saturated heterocycles. The number of methoxy groups -OCH3 is 1. The van der Waals surface area contributed by atoms with Crippen molar-refractivity contribution in [1.82, 2.24) is 9.80 Å². The molecule has 1 amide bonds. The van der Waals surface area contributed by atoms with Crippen LogP contribution in [0.4, 0.5) is 0 Å². The number of amides is 1. The number of aliphatic hydroxyl groups excluding tert-OH is 1. The first-order valence-corrected chi connectivity index (χ1v) is 11.5. The number of carbonyl (C=O) groups is 2. The highest BCUT2D eigenvalue weighted by molar-refractivity contribution is 9.10. The van der Waals surface area contributed by atoms with Crippen molar-refractivity contribution in [1.29, 1.82) is 0 Å². The van der Waals surface area contributed by atoms with E-state index in [-0.39, 0.29) is 11.3 Å². The molecule has 1 aliphatic rings. The summed E-state index contributed by atoms with van der Waals surface area (Å²) in [5.41, 5.74) is 2.18. The predicted molar refractivity (Wildman–Crippen MR) is 129 cm³/mol. The standard InChI is InChI=1S/C25H29BrN2O4/c1-5-27(6-2)12-13-28-22(17-8-7-9-19(26)15-17)21(24(30)25(28)31)23(29)18-10-11-20(32-4)16(3)14-18/h7-11,14-15,22,29H,5-6,12-13H2,1-4H3. The third-order valence-corrected chi connectivity index (χ3v) is 6.42. The summed E-state index contributed by atoms with van der Waals surface area (Å²) in [4.78, 5) is 30.0. The molecule has 0 radical (unpaired) electrons. The van der Waals surface area contributed by atoms with Crippen LogP contribution in [0.15, 0.2) is 52.5 Å². The number of nitrogens with zero attached hydrogens (tertiary/aromatic N) is 2. The Hall–Kier alpha value is -2.64. The van der Waals surface area contributed by atoms with Gasteiger partial charge in [-0.05, 0) is 61.5 Å². The molecule has 6 nitrogen and oxygen atoms in total. The Kier molecular flexibility index (Phi) is 7.74. The van der Waals surface area contributed by atoms with Gasteiger partial charge in [0, 0.05) is 23.1 Å². The van der Waals surface area contributed by atoms with Crippen LogP contribution in [0, 0.1) is 6.92 Å². The predicted octanol–water partition coefficient (Wildman–Crippen LogP) is 4.53. The maximum atomic E-state index is 13.1. The van der Waals surface area contributed by atoms with E-state index in [2.05, 4.69) is 34.7 Å². The number of aryl methyl sites for hydroxylation is 1. The molecule has 2 aromatic carbocycles. The van der Waals surface area contributed by atoms with Crippen molar-refractivity contribution >= 4 is 33.4 Å². The molecule has 1 N–H and O–H groups in total. The normalized spacial score (nSPS) is 17.9. The number of rotatable bonds is 8. The Morgan fingerprint density at radius 3 is 2.47 bits per heavy atom. The fraction of sp³-hybridized carbons (Fsp3) is 0.360. The summed E-state index contributed by atoms with van der Waals surface area (Å²) in [5.74, 6) is -0.747. The topological polar surface area (TPSA) is 70.1 Å². The molecular weight excluding hydrogens is 472 g/mol. The van der Waals surface area contributed by atoms with Gasteiger partial charge < -0.3 is 19.6 Å². The van der Waals surface area contributed by atoms with E-state index in [1.54, 1.807) is 30.2 Å². The first kappa shape index (κ1) is 24.0. The van der Waals surface area contributed by atoms with E-state index in [4.69, 9.17) is 4.74 Å². The van der Waals surface area contributed by atoms with Crippen LogP contribution >= 0.6 is 15.9 Å². The first-order valence-electron chi connectivity index (χ1n) is 10.7. The first-order chi connectivity index (χ1) is 15.3. The van der Waals surface area contributed by atoms with Gasteiger partial charge >= 0.3 is 0 Å². The van der Waals surface area contributed by atoms with Gasteiger partial charge in [-0.25, -0.2) is 0 Å². The molecule has 32 heavy (non-hydrogen) atoms. The molecule has 170 valence electrons. The van der Waals surface area contributed by atoms with Gasteiger partial charge in [0.2, 0.25) is 0 Å². The molecule has 0 spiro atoms. The molecule has 1 unspecified atom stereocenters. The Labute approximate surface area is 197 Å². The largest absolute Gasteiger partial charge is 0.507 e. The smallest absolute Gasteiger partial charge is 0.295 e. The zero-order chi connectivity index (χ0) is 23.4. The molecule has 1 aliphatic heterocycles. The maximum Gasteiger partial charge on any atom is 0.295 e. The van der Waals surface area contributed by atoms with Gasteiger partial charge in [-0.1, -0.05) is 41.9 Å². The van der Waals surface area contributed by atoms with E-state index in [0.717, 1.165) is 28.7 Å². The zero-order valence-electron chi connectivity index (χ0n) is 18.9.